The monoisotopic (exact) mass is 232 g/mol. The lowest BCUT2D eigenvalue weighted by molar-refractivity contribution is 0.818. The Bertz CT molecular complexity index is 457. The maximum Gasteiger partial charge on any atom is 0.0801 e. The summed E-state index contributed by atoms with van der Waals surface area (Å²) < 4.78 is 0. The molecule has 0 aliphatic heterocycles. The molecule has 84 valence electrons. The zero-order valence-corrected chi connectivity index (χ0v) is 10.4. The summed E-state index contributed by atoms with van der Waals surface area (Å²) in [6, 6.07) is 8.55. The van der Waals surface area contributed by atoms with E-state index in [4.69, 9.17) is 5.73 Å². The van der Waals surface area contributed by atoms with Gasteiger partial charge in [0, 0.05) is 6.04 Å². The molecule has 0 fully saturated rings. The summed E-state index contributed by atoms with van der Waals surface area (Å²) in [7, 11) is 0. The highest BCUT2D eigenvalue weighted by Crippen LogP contribution is 2.28. The molecule has 16 heavy (non-hydrogen) atoms. The molecular formula is C13H16N2S. The Balaban J connectivity index is 2.35. The van der Waals surface area contributed by atoms with E-state index in [1.54, 1.807) is 11.3 Å². The number of hydrogen-bond donors (Lipinski definition) is 1. The summed E-state index contributed by atoms with van der Waals surface area (Å²) in [6.07, 6.45) is 0.980. The van der Waals surface area contributed by atoms with E-state index >= 15 is 0 Å². The Morgan fingerprint density at radius 3 is 2.56 bits per heavy atom. The summed E-state index contributed by atoms with van der Waals surface area (Å²) in [6.45, 7) is 4.13. The van der Waals surface area contributed by atoms with Gasteiger partial charge in [-0.1, -0.05) is 31.2 Å². The van der Waals surface area contributed by atoms with Gasteiger partial charge in [-0.05, 0) is 24.5 Å². The van der Waals surface area contributed by atoms with Gasteiger partial charge < -0.3 is 5.73 Å². The molecule has 2 nitrogen and oxygen atoms in total. The number of benzene rings is 1. The van der Waals surface area contributed by atoms with Crippen LogP contribution in [0.5, 0.6) is 0 Å². The first kappa shape index (κ1) is 11.3. The van der Waals surface area contributed by atoms with Crippen LogP contribution in [0.1, 0.15) is 31.1 Å². The minimum Gasteiger partial charge on any atom is -0.324 e. The van der Waals surface area contributed by atoms with Gasteiger partial charge in [0.1, 0.15) is 0 Å². The van der Waals surface area contributed by atoms with Crippen molar-refractivity contribution in [3.05, 3.63) is 41.0 Å². The standard InChI is InChI=1S/C13H16N2S/c1-3-12-13(16-8-15-12)11-6-4-10(5-7-11)9(2)14/h4-9H,3,14H2,1-2H3. The third-order valence-corrected chi connectivity index (χ3v) is 3.59. The van der Waals surface area contributed by atoms with Crippen molar-refractivity contribution < 1.29 is 0 Å². The molecule has 1 aromatic heterocycles. The van der Waals surface area contributed by atoms with Crippen LogP contribution in [0.3, 0.4) is 0 Å². The van der Waals surface area contributed by atoms with Gasteiger partial charge in [-0.25, -0.2) is 4.98 Å². The van der Waals surface area contributed by atoms with Gasteiger partial charge in [-0.3, -0.25) is 0 Å². The lowest BCUT2D eigenvalue weighted by Crippen LogP contribution is -2.04. The average molecular weight is 232 g/mol. The fourth-order valence-electron chi connectivity index (χ4n) is 1.69. The zero-order valence-electron chi connectivity index (χ0n) is 9.60. The molecule has 0 bridgehead atoms. The molecule has 0 saturated heterocycles. The van der Waals surface area contributed by atoms with Gasteiger partial charge >= 0.3 is 0 Å². The maximum atomic E-state index is 5.83. The molecular weight excluding hydrogens is 216 g/mol. The Kier molecular flexibility index (Phi) is 3.36. The number of aromatic nitrogens is 1. The van der Waals surface area contributed by atoms with Crippen molar-refractivity contribution in [2.24, 2.45) is 5.73 Å². The van der Waals surface area contributed by atoms with Crippen LogP contribution in [0.2, 0.25) is 0 Å². The second kappa shape index (κ2) is 4.76. The minimum atomic E-state index is 0.0983. The fraction of sp³-hybridized carbons (Fsp3) is 0.308. The van der Waals surface area contributed by atoms with Crippen molar-refractivity contribution >= 4 is 11.3 Å². The average Bonchev–Trinajstić information content (AvgIpc) is 2.77. The van der Waals surface area contributed by atoms with Gasteiger partial charge in [-0.2, -0.15) is 0 Å². The highest BCUT2D eigenvalue weighted by atomic mass is 32.1. The quantitative estimate of drug-likeness (QED) is 0.881. The van der Waals surface area contributed by atoms with Gasteiger partial charge in [0.2, 0.25) is 0 Å². The molecule has 1 heterocycles. The molecule has 0 spiro atoms. The summed E-state index contributed by atoms with van der Waals surface area (Å²) >= 11 is 1.70. The van der Waals surface area contributed by atoms with E-state index in [9.17, 15) is 0 Å². The Morgan fingerprint density at radius 2 is 2.00 bits per heavy atom. The van der Waals surface area contributed by atoms with E-state index < -0.39 is 0 Å². The first-order valence-corrected chi connectivity index (χ1v) is 6.38. The zero-order chi connectivity index (χ0) is 11.5. The van der Waals surface area contributed by atoms with Gasteiger partial charge in [0.05, 0.1) is 16.1 Å². The smallest absolute Gasteiger partial charge is 0.0801 e. The summed E-state index contributed by atoms with van der Waals surface area (Å²) in [4.78, 5) is 5.64. The molecule has 0 radical (unpaired) electrons. The fourth-order valence-corrected chi connectivity index (χ4v) is 2.58. The van der Waals surface area contributed by atoms with Crippen LogP contribution in [0.25, 0.3) is 10.4 Å². The van der Waals surface area contributed by atoms with Crippen LogP contribution >= 0.6 is 11.3 Å². The molecule has 1 atom stereocenters. The van der Waals surface area contributed by atoms with Crippen molar-refractivity contribution in [2.45, 2.75) is 26.3 Å². The third-order valence-electron chi connectivity index (χ3n) is 2.67. The van der Waals surface area contributed by atoms with E-state index in [0.29, 0.717) is 0 Å². The summed E-state index contributed by atoms with van der Waals surface area (Å²) in [5.41, 5.74) is 11.3. The number of aryl methyl sites for hydroxylation is 1. The molecule has 2 aromatic rings. The normalized spacial score (nSPS) is 12.7. The lowest BCUT2D eigenvalue weighted by Gasteiger charge is -2.06. The van der Waals surface area contributed by atoms with E-state index in [1.807, 2.05) is 12.4 Å². The Labute approximate surface area is 100 Å². The van der Waals surface area contributed by atoms with Crippen LogP contribution in [0, 0.1) is 0 Å². The van der Waals surface area contributed by atoms with Crippen LogP contribution in [0.4, 0.5) is 0 Å². The predicted octanol–water partition coefficient (Wildman–Crippen LogP) is 3.39. The minimum absolute atomic E-state index is 0.0983. The van der Waals surface area contributed by atoms with Crippen LogP contribution < -0.4 is 5.73 Å². The highest BCUT2D eigenvalue weighted by molar-refractivity contribution is 7.13. The first-order chi connectivity index (χ1) is 7.72. The maximum absolute atomic E-state index is 5.83. The number of rotatable bonds is 3. The van der Waals surface area contributed by atoms with Crippen LogP contribution in [-0.2, 0) is 6.42 Å². The van der Waals surface area contributed by atoms with Gasteiger partial charge in [-0.15, -0.1) is 11.3 Å². The second-order valence-corrected chi connectivity index (χ2v) is 4.75. The third kappa shape index (κ3) is 2.15. The number of nitrogens with two attached hydrogens (primary N) is 1. The lowest BCUT2D eigenvalue weighted by atomic mass is 10.1. The summed E-state index contributed by atoms with van der Waals surface area (Å²) in [5, 5.41) is 0. The van der Waals surface area contributed by atoms with E-state index in [2.05, 4.69) is 36.2 Å². The Morgan fingerprint density at radius 1 is 1.31 bits per heavy atom. The molecule has 0 aliphatic carbocycles. The van der Waals surface area contributed by atoms with Gasteiger partial charge in [0.15, 0.2) is 0 Å². The van der Waals surface area contributed by atoms with E-state index in [-0.39, 0.29) is 6.04 Å². The van der Waals surface area contributed by atoms with Crippen molar-refractivity contribution in [3.63, 3.8) is 0 Å². The van der Waals surface area contributed by atoms with E-state index in [1.165, 1.54) is 21.7 Å². The largest absolute Gasteiger partial charge is 0.324 e. The number of thiazole rings is 1. The predicted molar refractivity (Wildman–Crippen MR) is 69.5 cm³/mol. The van der Waals surface area contributed by atoms with E-state index in [0.717, 1.165) is 6.42 Å². The van der Waals surface area contributed by atoms with Crippen molar-refractivity contribution in [3.8, 4) is 10.4 Å². The van der Waals surface area contributed by atoms with Crippen molar-refractivity contribution in [2.75, 3.05) is 0 Å². The van der Waals surface area contributed by atoms with Crippen molar-refractivity contribution in [1.82, 2.24) is 4.98 Å². The second-order valence-electron chi connectivity index (χ2n) is 3.89. The summed E-state index contributed by atoms with van der Waals surface area (Å²) in [5.74, 6) is 0. The van der Waals surface area contributed by atoms with Crippen LogP contribution in [0.15, 0.2) is 29.8 Å². The van der Waals surface area contributed by atoms with Crippen LogP contribution in [-0.4, -0.2) is 4.98 Å². The van der Waals surface area contributed by atoms with Crippen molar-refractivity contribution in [1.29, 1.82) is 0 Å². The molecule has 2 rings (SSSR count). The molecule has 1 aromatic carbocycles. The number of nitrogens with zero attached hydrogens (tertiary/aromatic N) is 1. The molecule has 2 N–H and O–H groups in total. The highest BCUT2D eigenvalue weighted by Gasteiger charge is 2.07. The molecule has 0 amide bonds. The number of hydrogen-bond acceptors (Lipinski definition) is 3. The molecule has 3 heteroatoms. The Hall–Kier alpha value is -1.19. The SMILES string of the molecule is CCc1ncsc1-c1ccc(C(C)N)cc1. The molecule has 1 unspecified atom stereocenters. The molecule has 0 aliphatic rings. The molecule has 0 saturated carbocycles. The first-order valence-electron chi connectivity index (χ1n) is 5.50. The topological polar surface area (TPSA) is 38.9 Å². The van der Waals surface area contributed by atoms with Gasteiger partial charge in [0.25, 0.3) is 0 Å².